The number of carbonyl (C=O) groups is 1. The van der Waals surface area contributed by atoms with Crippen molar-refractivity contribution >= 4 is 5.97 Å². The molecule has 1 heterocycles. The van der Waals surface area contributed by atoms with Gasteiger partial charge in [0.25, 0.3) is 0 Å². The van der Waals surface area contributed by atoms with Crippen LogP contribution in [0.25, 0.3) is 0 Å². The van der Waals surface area contributed by atoms with Gasteiger partial charge in [-0.2, -0.15) is 0 Å². The molecule has 5 heteroatoms. The van der Waals surface area contributed by atoms with Crippen LogP contribution in [0.2, 0.25) is 0 Å². The first-order valence-corrected chi connectivity index (χ1v) is 6.25. The summed E-state index contributed by atoms with van der Waals surface area (Å²) < 4.78 is 9.99. The van der Waals surface area contributed by atoms with E-state index < -0.39 is 0 Å². The fourth-order valence-corrected chi connectivity index (χ4v) is 1.68. The van der Waals surface area contributed by atoms with Crippen molar-refractivity contribution in [2.45, 2.75) is 39.0 Å². The molecule has 5 nitrogen and oxygen atoms in total. The maximum Gasteiger partial charge on any atom is 0.316 e. The Bertz CT molecular complexity index is 365. The van der Waals surface area contributed by atoms with Crippen molar-refractivity contribution in [3.63, 3.8) is 0 Å². The fourth-order valence-electron chi connectivity index (χ4n) is 1.68. The Morgan fingerprint density at radius 1 is 1.33 bits per heavy atom. The molecule has 0 saturated heterocycles. The summed E-state index contributed by atoms with van der Waals surface area (Å²) in [7, 11) is 1.51. The van der Waals surface area contributed by atoms with Gasteiger partial charge < -0.3 is 9.47 Å². The molecule has 0 aliphatic heterocycles. The van der Waals surface area contributed by atoms with E-state index in [1.807, 2.05) is 0 Å². The number of carbonyl (C=O) groups excluding carboxylic acids is 1. The first-order chi connectivity index (χ1) is 8.72. The summed E-state index contributed by atoms with van der Waals surface area (Å²) in [6.07, 6.45) is 6.01. The maximum atomic E-state index is 11.9. The van der Waals surface area contributed by atoms with Crippen LogP contribution in [0, 0.1) is 0 Å². The predicted molar refractivity (Wildman–Crippen MR) is 67.5 cm³/mol. The maximum absolute atomic E-state index is 11.9. The molecule has 0 radical (unpaired) electrons. The van der Waals surface area contributed by atoms with Crippen LogP contribution in [0.1, 0.15) is 44.6 Å². The van der Waals surface area contributed by atoms with Crippen LogP contribution in [0.5, 0.6) is 6.01 Å². The van der Waals surface area contributed by atoms with Gasteiger partial charge in [-0.25, -0.2) is 9.97 Å². The van der Waals surface area contributed by atoms with Gasteiger partial charge in [-0.3, -0.25) is 4.79 Å². The summed E-state index contributed by atoms with van der Waals surface area (Å²) in [5.74, 6) is -0.490. The lowest BCUT2D eigenvalue weighted by Crippen LogP contribution is -2.16. The number of hydrogen-bond acceptors (Lipinski definition) is 5. The lowest BCUT2D eigenvalue weighted by molar-refractivity contribution is -0.145. The third-order valence-corrected chi connectivity index (χ3v) is 2.65. The van der Waals surface area contributed by atoms with Gasteiger partial charge in [0.15, 0.2) is 0 Å². The lowest BCUT2D eigenvalue weighted by atomic mass is 9.96. The predicted octanol–water partition coefficient (Wildman–Crippen LogP) is 2.32. The second kappa shape index (κ2) is 7.63. The summed E-state index contributed by atoms with van der Waals surface area (Å²) >= 11 is 0. The van der Waals surface area contributed by atoms with Crippen LogP contribution in [-0.2, 0) is 9.53 Å². The molecule has 18 heavy (non-hydrogen) atoms. The number of rotatable bonds is 7. The molecular weight excluding hydrogens is 232 g/mol. The van der Waals surface area contributed by atoms with Crippen LogP contribution in [0.3, 0.4) is 0 Å². The van der Waals surface area contributed by atoms with Gasteiger partial charge in [0.2, 0.25) is 0 Å². The van der Waals surface area contributed by atoms with Crippen molar-refractivity contribution in [2.75, 3.05) is 13.7 Å². The first kappa shape index (κ1) is 14.4. The molecule has 0 bridgehead atoms. The molecule has 1 atom stereocenters. The summed E-state index contributed by atoms with van der Waals surface area (Å²) in [5.41, 5.74) is 0.780. The number of hydrogen-bond donors (Lipinski definition) is 0. The average molecular weight is 252 g/mol. The highest BCUT2D eigenvalue weighted by Crippen LogP contribution is 2.23. The zero-order valence-electron chi connectivity index (χ0n) is 11.2. The molecule has 1 aromatic rings. The highest BCUT2D eigenvalue weighted by molar-refractivity contribution is 5.77. The van der Waals surface area contributed by atoms with Crippen LogP contribution in [0.4, 0.5) is 0 Å². The molecular formula is C13H20N2O3. The monoisotopic (exact) mass is 252 g/mol. The summed E-state index contributed by atoms with van der Waals surface area (Å²) in [6, 6.07) is 0.303. The van der Waals surface area contributed by atoms with Crippen molar-refractivity contribution in [2.24, 2.45) is 0 Å². The van der Waals surface area contributed by atoms with E-state index in [0.717, 1.165) is 24.8 Å². The SMILES string of the molecule is CCCCC(C(=O)OCC)c1cnc(OC)nc1. The molecule has 0 N–H and O–H groups in total. The lowest BCUT2D eigenvalue weighted by Gasteiger charge is -2.14. The largest absolute Gasteiger partial charge is 0.467 e. The quantitative estimate of drug-likeness (QED) is 0.697. The van der Waals surface area contributed by atoms with Gasteiger partial charge in [0.05, 0.1) is 19.6 Å². The number of aromatic nitrogens is 2. The van der Waals surface area contributed by atoms with Crippen molar-refractivity contribution < 1.29 is 14.3 Å². The van der Waals surface area contributed by atoms with Crippen molar-refractivity contribution in [1.29, 1.82) is 0 Å². The second-order valence-corrected chi connectivity index (χ2v) is 3.95. The Morgan fingerprint density at radius 3 is 2.50 bits per heavy atom. The minimum Gasteiger partial charge on any atom is -0.467 e. The molecule has 0 saturated carbocycles. The number of methoxy groups -OCH3 is 1. The van der Waals surface area contributed by atoms with E-state index in [1.165, 1.54) is 7.11 Å². The molecule has 0 fully saturated rings. The zero-order valence-corrected chi connectivity index (χ0v) is 11.2. The van der Waals surface area contributed by atoms with Crippen molar-refractivity contribution in [1.82, 2.24) is 9.97 Å². The number of nitrogens with zero attached hydrogens (tertiary/aromatic N) is 2. The number of esters is 1. The molecule has 1 unspecified atom stereocenters. The highest BCUT2D eigenvalue weighted by atomic mass is 16.5. The van der Waals surface area contributed by atoms with Crippen molar-refractivity contribution in [3.05, 3.63) is 18.0 Å². The van der Waals surface area contributed by atoms with E-state index >= 15 is 0 Å². The summed E-state index contributed by atoms with van der Waals surface area (Å²) in [6.45, 7) is 4.28. The summed E-state index contributed by atoms with van der Waals surface area (Å²) in [5, 5.41) is 0. The van der Waals surface area contributed by atoms with Gasteiger partial charge >= 0.3 is 12.0 Å². The molecule has 0 aliphatic carbocycles. The van der Waals surface area contributed by atoms with Crippen LogP contribution in [-0.4, -0.2) is 29.7 Å². The number of unbranched alkanes of at least 4 members (excludes halogenated alkanes) is 1. The average Bonchev–Trinajstić information content (AvgIpc) is 2.40. The van der Waals surface area contributed by atoms with E-state index in [0.29, 0.717) is 12.6 Å². The minimum absolute atomic E-state index is 0.209. The van der Waals surface area contributed by atoms with Gasteiger partial charge in [0, 0.05) is 18.0 Å². The smallest absolute Gasteiger partial charge is 0.316 e. The van der Waals surface area contributed by atoms with Gasteiger partial charge in [-0.1, -0.05) is 19.8 Å². The Labute approximate surface area is 108 Å². The van der Waals surface area contributed by atoms with E-state index in [2.05, 4.69) is 16.9 Å². The van der Waals surface area contributed by atoms with Crippen LogP contribution >= 0.6 is 0 Å². The van der Waals surface area contributed by atoms with Gasteiger partial charge in [0.1, 0.15) is 0 Å². The third-order valence-electron chi connectivity index (χ3n) is 2.65. The molecule has 1 aromatic heterocycles. The minimum atomic E-state index is -0.282. The van der Waals surface area contributed by atoms with Crippen molar-refractivity contribution in [3.8, 4) is 6.01 Å². The van der Waals surface area contributed by atoms with Gasteiger partial charge in [-0.05, 0) is 13.3 Å². The van der Waals surface area contributed by atoms with E-state index in [9.17, 15) is 4.79 Å². The summed E-state index contributed by atoms with van der Waals surface area (Å²) in [4.78, 5) is 20.0. The number of ether oxygens (including phenoxy) is 2. The third kappa shape index (κ3) is 3.98. The Balaban J connectivity index is 2.82. The Hall–Kier alpha value is -1.65. The standard InChI is InChI=1S/C13H20N2O3/c1-4-6-7-11(12(16)18-5-2)10-8-14-13(17-3)15-9-10/h8-9,11H,4-7H2,1-3H3. The topological polar surface area (TPSA) is 61.3 Å². The fraction of sp³-hybridized carbons (Fsp3) is 0.615. The molecule has 0 aromatic carbocycles. The Kier molecular flexibility index (Phi) is 6.11. The van der Waals surface area contributed by atoms with Crippen LogP contribution in [0.15, 0.2) is 12.4 Å². The highest BCUT2D eigenvalue weighted by Gasteiger charge is 2.22. The second-order valence-electron chi connectivity index (χ2n) is 3.95. The molecule has 1 rings (SSSR count). The van der Waals surface area contributed by atoms with Crippen LogP contribution < -0.4 is 4.74 Å². The van der Waals surface area contributed by atoms with E-state index in [4.69, 9.17) is 9.47 Å². The Morgan fingerprint density at radius 2 is 2.00 bits per heavy atom. The van der Waals surface area contributed by atoms with Gasteiger partial charge in [-0.15, -0.1) is 0 Å². The molecule has 0 spiro atoms. The van der Waals surface area contributed by atoms with E-state index in [-0.39, 0.29) is 11.9 Å². The molecule has 100 valence electrons. The normalized spacial score (nSPS) is 11.9. The zero-order chi connectivity index (χ0) is 13.4. The molecule has 0 aliphatic rings. The van der Waals surface area contributed by atoms with E-state index in [1.54, 1.807) is 19.3 Å². The first-order valence-electron chi connectivity index (χ1n) is 6.25. The molecule has 0 amide bonds.